The Kier molecular flexibility index (Phi) is 7.08. The molecule has 0 amide bonds. The highest BCUT2D eigenvalue weighted by Gasteiger charge is 2.21. The summed E-state index contributed by atoms with van der Waals surface area (Å²) < 4.78 is 5.47. The molecule has 26 heavy (non-hydrogen) atoms. The van der Waals surface area contributed by atoms with E-state index in [1.807, 2.05) is 6.92 Å². The Hall–Kier alpha value is -1.86. The fraction of sp³-hybridized carbons (Fsp3) is 0.440. The Balaban J connectivity index is 1.58. The van der Waals surface area contributed by atoms with Crippen molar-refractivity contribution in [3.05, 3.63) is 71.8 Å². The number of hydrogen-bond donors (Lipinski definition) is 0. The Labute approximate surface area is 159 Å². The molecule has 0 heterocycles. The molecule has 0 N–H and O–H groups in total. The second-order valence-corrected chi connectivity index (χ2v) is 7.48. The average Bonchev–Trinajstić information content (AvgIpc) is 2.72. The minimum Gasteiger partial charge on any atom is -0.377 e. The molecule has 1 heteroatoms. The van der Waals surface area contributed by atoms with E-state index in [0.29, 0.717) is 6.61 Å². The van der Waals surface area contributed by atoms with Gasteiger partial charge in [-0.05, 0) is 80.0 Å². The quantitative estimate of drug-likeness (QED) is 0.484. The lowest BCUT2D eigenvalue weighted by molar-refractivity contribution is 0.134. The van der Waals surface area contributed by atoms with Gasteiger partial charge in [-0.1, -0.05) is 60.7 Å². The van der Waals surface area contributed by atoms with Gasteiger partial charge in [-0.25, -0.2) is 0 Å². The van der Waals surface area contributed by atoms with Crippen LogP contribution in [0, 0.1) is 5.92 Å². The fourth-order valence-corrected chi connectivity index (χ4v) is 4.02. The first kappa shape index (κ1) is 18.9. The molecule has 1 aliphatic carbocycles. The van der Waals surface area contributed by atoms with Crippen LogP contribution in [0.15, 0.2) is 60.7 Å². The van der Waals surface area contributed by atoms with E-state index in [2.05, 4.69) is 67.6 Å². The number of ether oxygens (including phenoxy) is 1. The van der Waals surface area contributed by atoms with Gasteiger partial charge in [-0.3, -0.25) is 0 Å². The summed E-state index contributed by atoms with van der Waals surface area (Å²) >= 11 is 0. The van der Waals surface area contributed by atoms with E-state index < -0.39 is 0 Å². The normalized spacial score (nSPS) is 20.5. The van der Waals surface area contributed by atoms with Crippen LogP contribution >= 0.6 is 0 Å². The first-order valence-corrected chi connectivity index (χ1v) is 10.2. The predicted molar refractivity (Wildman–Crippen MR) is 111 cm³/mol. The van der Waals surface area contributed by atoms with E-state index >= 15 is 0 Å². The van der Waals surface area contributed by atoms with Crippen LogP contribution in [0.4, 0.5) is 0 Å². The van der Waals surface area contributed by atoms with E-state index in [9.17, 15) is 0 Å². The summed E-state index contributed by atoms with van der Waals surface area (Å²) in [5.74, 6) is 1.65. The molecule has 138 valence electrons. The van der Waals surface area contributed by atoms with Crippen molar-refractivity contribution < 1.29 is 4.74 Å². The zero-order valence-corrected chi connectivity index (χ0v) is 16.3. The topological polar surface area (TPSA) is 9.23 Å². The molecule has 0 aliphatic heterocycles. The van der Waals surface area contributed by atoms with Crippen LogP contribution < -0.4 is 0 Å². The zero-order valence-electron chi connectivity index (χ0n) is 16.3. The van der Waals surface area contributed by atoms with Gasteiger partial charge in [0.1, 0.15) is 0 Å². The maximum atomic E-state index is 5.47. The van der Waals surface area contributed by atoms with Gasteiger partial charge in [0, 0.05) is 6.61 Å². The molecule has 0 aromatic heterocycles. The van der Waals surface area contributed by atoms with Crippen molar-refractivity contribution in [3.8, 4) is 11.1 Å². The lowest BCUT2D eigenvalue weighted by Crippen LogP contribution is -2.12. The van der Waals surface area contributed by atoms with Crippen LogP contribution in [0.5, 0.6) is 0 Å². The number of rotatable bonds is 7. The molecule has 2 aromatic rings. The zero-order chi connectivity index (χ0) is 18.2. The summed E-state index contributed by atoms with van der Waals surface area (Å²) in [5.41, 5.74) is 5.35. The third-order valence-electron chi connectivity index (χ3n) is 5.69. The highest BCUT2D eigenvalue weighted by atomic mass is 16.5. The predicted octanol–water partition coefficient (Wildman–Crippen LogP) is 7.13. The molecule has 2 aromatic carbocycles. The molecule has 1 aliphatic rings. The second-order valence-electron chi connectivity index (χ2n) is 7.48. The van der Waals surface area contributed by atoms with E-state index in [1.54, 1.807) is 0 Å². The molecule has 0 spiro atoms. The molecule has 0 bridgehead atoms. The second kappa shape index (κ2) is 9.73. The summed E-state index contributed by atoms with van der Waals surface area (Å²) in [7, 11) is 0. The Morgan fingerprint density at radius 1 is 0.885 bits per heavy atom. The Bertz CT molecular complexity index is 673. The summed E-state index contributed by atoms with van der Waals surface area (Å²) in [6, 6.07) is 18.0. The SMILES string of the molecule is CC=CCC1CCC(c2ccc(-c3ccc(COCC)cc3)cc2)CC1. The van der Waals surface area contributed by atoms with Gasteiger partial charge in [-0.15, -0.1) is 0 Å². The number of hydrogen-bond acceptors (Lipinski definition) is 1. The molecule has 1 nitrogen and oxygen atoms in total. The highest BCUT2D eigenvalue weighted by Crippen LogP contribution is 2.37. The van der Waals surface area contributed by atoms with E-state index in [1.165, 1.54) is 54.4 Å². The van der Waals surface area contributed by atoms with Gasteiger partial charge < -0.3 is 4.74 Å². The summed E-state index contributed by atoms with van der Waals surface area (Å²) in [5, 5.41) is 0. The molecule has 0 unspecified atom stereocenters. The first-order valence-electron chi connectivity index (χ1n) is 10.2. The maximum absolute atomic E-state index is 5.47. The number of allylic oxidation sites excluding steroid dienone is 2. The molecule has 0 atom stereocenters. The van der Waals surface area contributed by atoms with Crippen molar-refractivity contribution in [1.82, 2.24) is 0 Å². The summed E-state index contributed by atoms with van der Waals surface area (Å²) in [4.78, 5) is 0. The standard InChI is InChI=1S/C25H32O/c1-3-5-6-20-7-11-22(12-8-20)24-15-17-25(18-16-24)23-13-9-21(10-14-23)19-26-4-2/h3,5,9-10,13-18,20,22H,4,6-8,11-12,19H2,1-2H3. The van der Waals surface area contributed by atoms with Crippen LogP contribution in [-0.2, 0) is 11.3 Å². The molecule has 1 fully saturated rings. The molecule has 0 saturated heterocycles. The number of benzene rings is 2. The largest absolute Gasteiger partial charge is 0.377 e. The Morgan fingerprint density at radius 2 is 1.50 bits per heavy atom. The van der Waals surface area contributed by atoms with E-state index in [-0.39, 0.29) is 0 Å². The van der Waals surface area contributed by atoms with Gasteiger partial charge in [0.2, 0.25) is 0 Å². The third-order valence-corrected chi connectivity index (χ3v) is 5.69. The molecule has 0 radical (unpaired) electrons. The fourth-order valence-electron chi connectivity index (χ4n) is 4.02. The van der Waals surface area contributed by atoms with Crippen molar-refractivity contribution in [2.45, 2.75) is 58.5 Å². The van der Waals surface area contributed by atoms with E-state index in [4.69, 9.17) is 4.74 Å². The maximum Gasteiger partial charge on any atom is 0.0716 e. The molecule has 3 rings (SSSR count). The van der Waals surface area contributed by atoms with Crippen LogP contribution in [-0.4, -0.2) is 6.61 Å². The molecular weight excluding hydrogens is 316 g/mol. The van der Waals surface area contributed by atoms with Crippen LogP contribution in [0.3, 0.4) is 0 Å². The van der Waals surface area contributed by atoms with Crippen molar-refractivity contribution in [2.24, 2.45) is 5.92 Å². The molecule has 1 saturated carbocycles. The van der Waals surface area contributed by atoms with Gasteiger partial charge in [0.05, 0.1) is 6.61 Å². The molecular formula is C25H32O. The smallest absolute Gasteiger partial charge is 0.0716 e. The summed E-state index contributed by atoms with van der Waals surface area (Å²) in [6.45, 7) is 5.62. The lowest BCUT2D eigenvalue weighted by Gasteiger charge is -2.28. The van der Waals surface area contributed by atoms with E-state index in [0.717, 1.165) is 18.4 Å². The monoisotopic (exact) mass is 348 g/mol. The lowest BCUT2D eigenvalue weighted by atomic mass is 9.77. The highest BCUT2D eigenvalue weighted by molar-refractivity contribution is 5.64. The van der Waals surface area contributed by atoms with Crippen LogP contribution in [0.25, 0.3) is 11.1 Å². The van der Waals surface area contributed by atoms with Crippen molar-refractivity contribution in [1.29, 1.82) is 0 Å². The Morgan fingerprint density at radius 3 is 2.08 bits per heavy atom. The van der Waals surface area contributed by atoms with Crippen molar-refractivity contribution in [2.75, 3.05) is 6.61 Å². The van der Waals surface area contributed by atoms with Gasteiger partial charge >= 0.3 is 0 Å². The van der Waals surface area contributed by atoms with Gasteiger partial charge in [0.15, 0.2) is 0 Å². The minimum absolute atomic E-state index is 0.701. The van der Waals surface area contributed by atoms with Crippen LogP contribution in [0.1, 0.15) is 63.0 Å². The van der Waals surface area contributed by atoms with Crippen molar-refractivity contribution >= 4 is 0 Å². The first-order chi connectivity index (χ1) is 12.8. The van der Waals surface area contributed by atoms with Gasteiger partial charge in [-0.2, -0.15) is 0 Å². The van der Waals surface area contributed by atoms with Gasteiger partial charge in [0.25, 0.3) is 0 Å². The third kappa shape index (κ3) is 5.08. The van der Waals surface area contributed by atoms with Crippen molar-refractivity contribution in [3.63, 3.8) is 0 Å². The minimum atomic E-state index is 0.701. The van der Waals surface area contributed by atoms with Crippen LogP contribution in [0.2, 0.25) is 0 Å². The average molecular weight is 349 g/mol. The summed E-state index contributed by atoms with van der Waals surface area (Å²) in [6.07, 6.45) is 11.2.